The first-order chi connectivity index (χ1) is 7.93. The van der Waals surface area contributed by atoms with Crippen molar-refractivity contribution in [3.05, 3.63) is 12.3 Å². The molecule has 94 valence electrons. The Hall–Kier alpha value is -0.460. The topological polar surface area (TPSA) is 9.23 Å². The third-order valence-corrected chi connectivity index (χ3v) is 3.46. The van der Waals surface area contributed by atoms with Gasteiger partial charge in [-0.3, -0.25) is 0 Å². The predicted molar refractivity (Wildman–Crippen MR) is 70.5 cm³/mol. The van der Waals surface area contributed by atoms with Crippen molar-refractivity contribution in [2.24, 2.45) is 0 Å². The molecule has 0 aromatic heterocycles. The van der Waals surface area contributed by atoms with Crippen molar-refractivity contribution in [3.63, 3.8) is 0 Å². The molecule has 1 heteroatoms. The Bertz CT molecular complexity index is 162. The van der Waals surface area contributed by atoms with E-state index in [-0.39, 0.29) is 0 Å². The molecule has 0 N–H and O–H groups in total. The molecule has 0 unspecified atom stereocenters. The fourth-order valence-corrected chi connectivity index (χ4v) is 2.45. The van der Waals surface area contributed by atoms with Crippen molar-refractivity contribution >= 4 is 0 Å². The van der Waals surface area contributed by atoms with Gasteiger partial charge in [-0.15, -0.1) is 0 Å². The van der Waals surface area contributed by atoms with Crippen LogP contribution in [0.4, 0.5) is 0 Å². The normalized spacial score (nSPS) is 22.6. The molecule has 1 nitrogen and oxygen atoms in total. The molecule has 16 heavy (non-hydrogen) atoms. The Morgan fingerprint density at radius 1 is 0.750 bits per heavy atom. The van der Waals surface area contributed by atoms with E-state index in [0.29, 0.717) is 6.10 Å². The van der Waals surface area contributed by atoms with Gasteiger partial charge in [0.2, 0.25) is 0 Å². The largest absolute Gasteiger partial charge is 0.498 e. The molecule has 0 heterocycles. The monoisotopic (exact) mass is 224 g/mol. The van der Waals surface area contributed by atoms with E-state index in [0.717, 1.165) is 0 Å². The number of allylic oxidation sites excluding steroid dienone is 1. The lowest BCUT2D eigenvalue weighted by atomic mass is 9.99. The van der Waals surface area contributed by atoms with Crippen molar-refractivity contribution in [2.75, 3.05) is 0 Å². The van der Waals surface area contributed by atoms with E-state index in [1.165, 1.54) is 70.6 Å². The molecule has 0 aromatic carbocycles. The Labute approximate surface area is 101 Å². The van der Waals surface area contributed by atoms with E-state index in [1.807, 2.05) is 19.3 Å². The van der Waals surface area contributed by atoms with Gasteiger partial charge in [-0.25, -0.2) is 0 Å². The van der Waals surface area contributed by atoms with Crippen LogP contribution in [0.3, 0.4) is 0 Å². The van der Waals surface area contributed by atoms with Crippen LogP contribution < -0.4 is 0 Å². The molecule has 0 bridgehead atoms. The second-order valence-corrected chi connectivity index (χ2v) is 4.99. The van der Waals surface area contributed by atoms with Gasteiger partial charge in [0.1, 0.15) is 0 Å². The molecule has 0 radical (unpaired) electrons. The van der Waals surface area contributed by atoms with E-state index in [9.17, 15) is 0 Å². The lowest BCUT2D eigenvalue weighted by Crippen LogP contribution is -2.10. The molecule has 1 aliphatic rings. The van der Waals surface area contributed by atoms with Crippen LogP contribution in [0.1, 0.15) is 77.6 Å². The standard InChI is InChI=1S/C15H28O/c1-2-14-16-15-12-10-8-6-4-3-5-7-9-11-13-15/h2,14-15H,3-13H2,1H3/b14-2+. The maximum Gasteiger partial charge on any atom is 0.0978 e. The number of rotatable bonds is 2. The summed E-state index contributed by atoms with van der Waals surface area (Å²) in [4.78, 5) is 0. The molecule has 0 atom stereocenters. The average molecular weight is 224 g/mol. The molecule has 1 rings (SSSR count). The Morgan fingerprint density at radius 2 is 1.19 bits per heavy atom. The van der Waals surface area contributed by atoms with Crippen molar-refractivity contribution in [1.29, 1.82) is 0 Å². The summed E-state index contributed by atoms with van der Waals surface area (Å²) in [5, 5.41) is 0. The van der Waals surface area contributed by atoms with Crippen LogP contribution in [-0.4, -0.2) is 6.10 Å². The Balaban J connectivity index is 2.24. The minimum atomic E-state index is 0.482. The lowest BCUT2D eigenvalue weighted by molar-refractivity contribution is 0.120. The quantitative estimate of drug-likeness (QED) is 0.585. The van der Waals surface area contributed by atoms with Gasteiger partial charge < -0.3 is 4.74 Å². The minimum Gasteiger partial charge on any atom is -0.498 e. The van der Waals surface area contributed by atoms with Crippen LogP contribution in [0.2, 0.25) is 0 Å². The highest BCUT2D eigenvalue weighted by Crippen LogP contribution is 2.18. The summed E-state index contributed by atoms with van der Waals surface area (Å²) >= 11 is 0. The first kappa shape index (κ1) is 13.6. The summed E-state index contributed by atoms with van der Waals surface area (Å²) < 4.78 is 5.76. The molecule has 0 amide bonds. The van der Waals surface area contributed by atoms with Crippen LogP contribution in [0.5, 0.6) is 0 Å². The fourth-order valence-electron chi connectivity index (χ4n) is 2.45. The molecule has 1 fully saturated rings. The number of hydrogen-bond donors (Lipinski definition) is 0. The molecular formula is C15H28O. The second-order valence-electron chi connectivity index (χ2n) is 4.99. The van der Waals surface area contributed by atoms with Crippen molar-refractivity contribution in [3.8, 4) is 0 Å². The summed E-state index contributed by atoms with van der Waals surface area (Å²) in [6.45, 7) is 2.02. The van der Waals surface area contributed by atoms with Gasteiger partial charge in [-0.1, -0.05) is 51.0 Å². The maximum absolute atomic E-state index is 5.76. The van der Waals surface area contributed by atoms with E-state index in [2.05, 4.69) is 0 Å². The van der Waals surface area contributed by atoms with Crippen LogP contribution in [0.25, 0.3) is 0 Å². The Morgan fingerprint density at radius 3 is 1.62 bits per heavy atom. The van der Waals surface area contributed by atoms with E-state index >= 15 is 0 Å². The van der Waals surface area contributed by atoms with Gasteiger partial charge in [0.25, 0.3) is 0 Å². The lowest BCUT2D eigenvalue weighted by Gasteiger charge is -2.17. The molecular weight excluding hydrogens is 196 g/mol. The van der Waals surface area contributed by atoms with Gasteiger partial charge in [0, 0.05) is 0 Å². The zero-order valence-corrected chi connectivity index (χ0v) is 10.9. The van der Waals surface area contributed by atoms with Crippen molar-refractivity contribution in [1.82, 2.24) is 0 Å². The summed E-state index contributed by atoms with van der Waals surface area (Å²) in [5.74, 6) is 0. The Kier molecular flexibility index (Phi) is 8.28. The molecule has 1 aliphatic carbocycles. The summed E-state index contributed by atoms with van der Waals surface area (Å²) in [6.07, 6.45) is 19.6. The number of ether oxygens (including phenoxy) is 1. The highest BCUT2D eigenvalue weighted by atomic mass is 16.5. The van der Waals surface area contributed by atoms with Gasteiger partial charge in [-0.2, -0.15) is 0 Å². The van der Waals surface area contributed by atoms with Crippen LogP contribution in [-0.2, 0) is 4.74 Å². The van der Waals surface area contributed by atoms with Gasteiger partial charge >= 0.3 is 0 Å². The van der Waals surface area contributed by atoms with Crippen LogP contribution >= 0.6 is 0 Å². The summed E-state index contributed by atoms with van der Waals surface area (Å²) in [5.41, 5.74) is 0. The van der Waals surface area contributed by atoms with Gasteiger partial charge in [0.05, 0.1) is 12.4 Å². The summed E-state index contributed by atoms with van der Waals surface area (Å²) in [6, 6.07) is 0. The van der Waals surface area contributed by atoms with Crippen LogP contribution in [0.15, 0.2) is 12.3 Å². The SMILES string of the molecule is C/C=C/OC1CCCCCCCCCCC1. The molecule has 1 saturated carbocycles. The predicted octanol–water partition coefficient (Wildman–Crippen LogP) is 5.21. The molecule has 0 saturated heterocycles. The highest BCUT2D eigenvalue weighted by Gasteiger charge is 2.08. The van der Waals surface area contributed by atoms with E-state index in [4.69, 9.17) is 4.74 Å². The molecule has 0 aliphatic heterocycles. The van der Waals surface area contributed by atoms with Crippen molar-refractivity contribution < 1.29 is 4.74 Å². The zero-order valence-electron chi connectivity index (χ0n) is 10.9. The minimum absolute atomic E-state index is 0.482. The number of hydrogen-bond acceptors (Lipinski definition) is 1. The third kappa shape index (κ3) is 6.92. The second kappa shape index (κ2) is 9.74. The van der Waals surface area contributed by atoms with Gasteiger partial charge in [0.15, 0.2) is 0 Å². The van der Waals surface area contributed by atoms with E-state index in [1.54, 1.807) is 0 Å². The van der Waals surface area contributed by atoms with Gasteiger partial charge in [-0.05, 0) is 32.6 Å². The first-order valence-corrected chi connectivity index (χ1v) is 7.20. The molecule has 0 aromatic rings. The third-order valence-electron chi connectivity index (χ3n) is 3.46. The summed E-state index contributed by atoms with van der Waals surface area (Å²) in [7, 11) is 0. The van der Waals surface area contributed by atoms with Crippen LogP contribution in [0, 0.1) is 0 Å². The fraction of sp³-hybridized carbons (Fsp3) is 0.867. The maximum atomic E-state index is 5.76. The highest BCUT2D eigenvalue weighted by molar-refractivity contribution is 4.70. The van der Waals surface area contributed by atoms with E-state index < -0.39 is 0 Å². The average Bonchev–Trinajstić information content (AvgIpc) is 2.28. The zero-order chi connectivity index (χ0) is 11.5. The first-order valence-electron chi connectivity index (χ1n) is 7.20. The molecule has 0 spiro atoms. The van der Waals surface area contributed by atoms with Crippen molar-refractivity contribution in [2.45, 2.75) is 83.7 Å². The smallest absolute Gasteiger partial charge is 0.0978 e.